The third-order valence-corrected chi connectivity index (χ3v) is 8.70. The van der Waals surface area contributed by atoms with Crippen molar-refractivity contribution in [1.82, 2.24) is 34.9 Å². The van der Waals surface area contributed by atoms with Gasteiger partial charge in [0, 0.05) is 49.2 Å². The number of H-pyrrole nitrogens is 1. The number of hydrogen-bond acceptors (Lipinski definition) is 8. The molecule has 2 heterocycles. The topological polar surface area (TPSA) is 139 Å². The lowest BCUT2D eigenvalue weighted by Crippen LogP contribution is -2.39. The first-order valence-electron chi connectivity index (χ1n) is 14.9. The maximum absolute atomic E-state index is 13.0. The van der Waals surface area contributed by atoms with Gasteiger partial charge in [0.25, 0.3) is 0 Å². The summed E-state index contributed by atoms with van der Waals surface area (Å²) < 4.78 is 50.0. The quantitative estimate of drug-likeness (QED) is 0.0720. The zero-order valence-electron chi connectivity index (χ0n) is 26.4. The van der Waals surface area contributed by atoms with Crippen LogP contribution in [-0.4, -0.2) is 73.2 Å². The number of nitrogens with zero attached hydrogens (tertiary/aromatic N) is 5. The van der Waals surface area contributed by atoms with E-state index >= 15 is 0 Å². The smallest absolute Gasteiger partial charge is 0.444 e. The number of fused-ring (bicyclic) bond motifs is 1. The van der Waals surface area contributed by atoms with Crippen LogP contribution in [0.1, 0.15) is 51.7 Å². The zero-order chi connectivity index (χ0) is 34.2. The summed E-state index contributed by atoms with van der Waals surface area (Å²) in [6.45, 7) is 7.97. The molecule has 4 rings (SSSR count). The molecule has 2 amide bonds. The highest BCUT2D eigenvalue weighted by atomic mass is 127. The van der Waals surface area contributed by atoms with Gasteiger partial charge in [0.1, 0.15) is 17.7 Å². The monoisotopic (exact) mass is 788 g/mol. The van der Waals surface area contributed by atoms with Crippen molar-refractivity contribution in [2.24, 2.45) is 0 Å². The Labute approximate surface area is 284 Å². The lowest BCUT2D eigenvalue weighted by molar-refractivity contribution is -0.274. The average molecular weight is 789 g/mol. The first-order valence-corrected chi connectivity index (χ1v) is 18.9. The molecule has 0 spiro atoms. The van der Waals surface area contributed by atoms with Gasteiger partial charge in [-0.15, -0.1) is 13.2 Å². The second-order valence-electron chi connectivity index (χ2n) is 11.6. The lowest BCUT2D eigenvalue weighted by Gasteiger charge is -2.27. The number of ether oxygens (including phenoxy) is 2. The Hall–Kier alpha value is -3.66. The van der Waals surface area contributed by atoms with Crippen LogP contribution in [0.4, 0.5) is 23.7 Å². The summed E-state index contributed by atoms with van der Waals surface area (Å²) in [6.07, 6.45) is -0.809. The maximum atomic E-state index is 13.0. The van der Waals surface area contributed by atoms with Crippen LogP contribution in [-0.2, 0) is 22.5 Å². The van der Waals surface area contributed by atoms with Gasteiger partial charge >= 0.3 is 12.5 Å². The highest BCUT2D eigenvalue weighted by Crippen LogP contribution is 2.35. The Bertz CT molecular complexity index is 1660. The molecule has 0 aliphatic heterocycles. The van der Waals surface area contributed by atoms with Gasteiger partial charge in [0.05, 0.1) is 18.1 Å². The van der Waals surface area contributed by atoms with Gasteiger partial charge in [-0.1, -0.05) is 19.1 Å². The Balaban J connectivity index is 1.32. The van der Waals surface area contributed by atoms with Gasteiger partial charge in [-0.05, 0) is 85.0 Å². The number of aryl methyl sites for hydroxylation is 1. The second-order valence-corrected chi connectivity index (χ2v) is 13.6. The average Bonchev–Trinajstić information content (AvgIpc) is 3.68. The number of halogens is 4. The SMILES string of the molecule is CCc1cc(CN(CCC(=O)NCCCNc2cc(-c3ncn[nH]3)cc3c2cnn3PI)C(=O)OC(C)(C)C)ccc1OC(F)(F)F. The fraction of sp³-hybridized carbons (Fsp3) is 0.433. The largest absolute Gasteiger partial charge is 0.573 e. The molecule has 0 fully saturated rings. The third-order valence-electron chi connectivity index (χ3n) is 6.81. The fourth-order valence-corrected chi connectivity index (χ4v) is 6.23. The number of nitrogens with one attached hydrogen (secondary N) is 3. The standard InChI is InChI=1S/C30H37F3IN8O4P/c1-5-20-13-19(7-8-25(20)45-30(31,32)33)17-41(28(44)46-29(2,3)4)12-9-26(43)36-11-6-10-35-23-14-21(27-37-18-38-40-27)15-24-22(23)16-39-42(24)47-34/h7-8,13-16,18,35,47H,5-6,9-12,17H2,1-4H3,(H,36,43)(H,37,38,40). The molecule has 0 radical (unpaired) electrons. The first-order chi connectivity index (χ1) is 22.3. The number of hydrogen-bond donors (Lipinski definition) is 3. The minimum atomic E-state index is -4.81. The van der Waals surface area contributed by atoms with Crippen LogP contribution in [0.25, 0.3) is 22.3 Å². The molecule has 12 nitrogen and oxygen atoms in total. The van der Waals surface area contributed by atoms with Crippen LogP contribution in [0.15, 0.2) is 42.9 Å². The molecule has 2 aromatic carbocycles. The molecule has 17 heteroatoms. The van der Waals surface area contributed by atoms with Gasteiger partial charge in [0.15, 0.2) is 5.82 Å². The summed E-state index contributed by atoms with van der Waals surface area (Å²) in [7, 11) is 0. The minimum absolute atomic E-state index is 0.0126. The van der Waals surface area contributed by atoms with Gasteiger partial charge < -0.3 is 25.0 Å². The van der Waals surface area contributed by atoms with E-state index in [1.165, 1.54) is 23.4 Å². The lowest BCUT2D eigenvalue weighted by atomic mass is 10.1. The molecule has 0 saturated heterocycles. The Morgan fingerprint density at radius 2 is 1.94 bits per heavy atom. The van der Waals surface area contributed by atoms with E-state index in [9.17, 15) is 22.8 Å². The summed E-state index contributed by atoms with van der Waals surface area (Å²) in [4.78, 5) is 31.4. The third kappa shape index (κ3) is 10.7. The van der Waals surface area contributed by atoms with Crippen molar-refractivity contribution in [1.29, 1.82) is 0 Å². The zero-order valence-corrected chi connectivity index (χ0v) is 29.5. The van der Waals surface area contributed by atoms with Crippen molar-refractivity contribution in [3.05, 3.63) is 54.0 Å². The highest BCUT2D eigenvalue weighted by molar-refractivity contribution is 14.2. The van der Waals surface area contributed by atoms with Gasteiger partial charge in [-0.2, -0.15) is 10.2 Å². The summed E-state index contributed by atoms with van der Waals surface area (Å²) in [5, 5.41) is 18.6. The molecule has 0 aliphatic rings. The summed E-state index contributed by atoms with van der Waals surface area (Å²) in [6, 6.07) is 8.26. The molecule has 0 bridgehead atoms. The summed E-state index contributed by atoms with van der Waals surface area (Å²) in [5.41, 5.74) is 2.87. The molecule has 1 atom stereocenters. The molecular formula is C30H37F3IN8O4P. The van der Waals surface area contributed by atoms with Crippen LogP contribution in [0.3, 0.4) is 0 Å². The number of rotatable bonds is 14. The number of anilines is 1. The van der Waals surface area contributed by atoms with Crippen molar-refractivity contribution in [2.75, 3.05) is 25.0 Å². The molecular weight excluding hydrogens is 751 g/mol. The molecule has 1 unspecified atom stereocenters. The molecule has 3 N–H and O–H groups in total. The van der Waals surface area contributed by atoms with Crippen molar-refractivity contribution in [3.63, 3.8) is 0 Å². The van der Waals surface area contributed by atoms with Gasteiger partial charge in [-0.3, -0.25) is 9.89 Å². The van der Waals surface area contributed by atoms with Crippen LogP contribution in [0.2, 0.25) is 0 Å². The summed E-state index contributed by atoms with van der Waals surface area (Å²) in [5.74, 6) is 0.107. The predicted octanol–water partition coefficient (Wildman–Crippen LogP) is 6.82. The molecule has 254 valence electrons. The predicted molar refractivity (Wildman–Crippen MR) is 183 cm³/mol. The highest BCUT2D eigenvalue weighted by Gasteiger charge is 2.32. The number of carbonyl (C=O) groups excluding carboxylic acids is 2. The molecule has 47 heavy (non-hydrogen) atoms. The number of aromatic nitrogens is 5. The van der Waals surface area contributed by atoms with Crippen LogP contribution < -0.4 is 15.4 Å². The number of benzene rings is 2. The van der Waals surface area contributed by atoms with E-state index < -0.39 is 18.1 Å². The summed E-state index contributed by atoms with van der Waals surface area (Å²) >= 11 is 2.28. The molecule has 2 aromatic heterocycles. The van der Waals surface area contributed by atoms with E-state index in [2.05, 4.69) is 57.7 Å². The van der Waals surface area contributed by atoms with E-state index in [1.807, 2.05) is 22.8 Å². The normalized spacial score (nSPS) is 12.1. The molecule has 0 saturated carbocycles. The molecule has 4 aromatic rings. The van der Waals surface area contributed by atoms with Crippen molar-refractivity contribution in [2.45, 2.75) is 65.5 Å². The number of amides is 2. The van der Waals surface area contributed by atoms with Crippen LogP contribution >= 0.6 is 28.4 Å². The van der Waals surface area contributed by atoms with Crippen LogP contribution in [0, 0.1) is 0 Å². The maximum Gasteiger partial charge on any atom is 0.573 e. The fourth-order valence-electron chi connectivity index (χ4n) is 4.70. The van der Waals surface area contributed by atoms with Crippen LogP contribution in [0.5, 0.6) is 5.75 Å². The Morgan fingerprint density at radius 1 is 1.15 bits per heavy atom. The number of aromatic amines is 1. The number of carbonyl (C=O) groups is 2. The van der Waals surface area contributed by atoms with Crippen molar-refractivity contribution < 1.29 is 32.2 Å². The van der Waals surface area contributed by atoms with Gasteiger partial charge in [0.2, 0.25) is 5.91 Å². The van der Waals surface area contributed by atoms with E-state index in [0.717, 1.165) is 22.2 Å². The number of alkyl halides is 3. The van der Waals surface area contributed by atoms with Crippen molar-refractivity contribution in [3.8, 4) is 17.1 Å². The molecule has 0 aliphatic carbocycles. The van der Waals surface area contributed by atoms with E-state index in [1.54, 1.807) is 33.8 Å². The van der Waals surface area contributed by atoms with E-state index in [-0.39, 0.29) is 31.2 Å². The van der Waals surface area contributed by atoms with Gasteiger partial charge in [-0.25, -0.2) is 14.2 Å². The van der Waals surface area contributed by atoms with Crippen molar-refractivity contribution >= 4 is 57.0 Å². The van der Waals surface area contributed by atoms with E-state index in [0.29, 0.717) is 49.3 Å². The minimum Gasteiger partial charge on any atom is -0.444 e. The van der Waals surface area contributed by atoms with E-state index in [4.69, 9.17) is 4.74 Å². The first kappa shape index (κ1) is 36.2. The second kappa shape index (κ2) is 16.0. The Kier molecular flexibility index (Phi) is 12.3. The Morgan fingerprint density at radius 3 is 2.60 bits per heavy atom.